The minimum atomic E-state index is -0.622. The van der Waals surface area contributed by atoms with Crippen molar-refractivity contribution in [2.24, 2.45) is 0 Å². The minimum Gasteiger partial charge on any atom is -0.508 e. The molecular formula is C26H26N4O5S. The predicted octanol–water partition coefficient (Wildman–Crippen LogP) is 5.68. The molecule has 0 aliphatic rings. The van der Waals surface area contributed by atoms with Gasteiger partial charge in [0, 0.05) is 11.1 Å². The number of aromatic hydroxyl groups is 1. The number of anilines is 3. The van der Waals surface area contributed by atoms with E-state index in [1.54, 1.807) is 87.5 Å². The van der Waals surface area contributed by atoms with Crippen LogP contribution in [0.15, 0.2) is 66.7 Å². The predicted molar refractivity (Wildman–Crippen MR) is 142 cm³/mol. The number of phenols is 1. The molecule has 186 valence electrons. The molecule has 0 saturated carbocycles. The van der Waals surface area contributed by atoms with Gasteiger partial charge in [-0.1, -0.05) is 35.6 Å². The van der Waals surface area contributed by atoms with Gasteiger partial charge in [0.15, 0.2) is 5.13 Å². The maximum Gasteiger partial charge on any atom is 0.412 e. The number of ether oxygens (including phenoxy) is 1. The molecule has 4 aromatic rings. The minimum absolute atomic E-state index is 0.251. The van der Waals surface area contributed by atoms with Gasteiger partial charge in [0.2, 0.25) is 0 Å². The number of thiazole rings is 1. The van der Waals surface area contributed by atoms with Gasteiger partial charge < -0.3 is 20.9 Å². The van der Waals surface area contributed by atoms with Crippen molar-refractivity contribution < 1.29 is 24.2 Å². The van der Waals surface area contributed by atoms with E-state index in [4.69, 9.17) is 15.6 Å². The summed E-state index contributed by atoms with van der Waals surface area (Å²) in [7, 11) is 0. The van der Waals surface area contributed by atoms with E-state index in [2.05, 4.69) is 15.6 Å². The number of aromatic nitrogens is 1. The third-order valence-corrected chi connectivity index (χ3v) is 5.36. The summed E-state index contributed by atoms with van der Waals surface area (Å²) in [5.74, 6) is -0.1000. The van der Waals surface area contributed by atoms with Crippen LogP contribution in [0.5, 0.6) is 5.75 Å². The molecule has 1 aromatic heterocycles. The molecule has 0 radical (unpaired) electrons. The van der Waals surface area contributed by atoms with E-state index in [1.807, 2.05) is 0 Å². The third kappa shape index (κ3) is 7.54. The number of fused-ring (bicyclic) bond motifs is 1. The molecular weight excluding hydrogens is 480 g/mol. The van der Waals surface area contributed by atoms with Crippen molar-refractivity contribution in [1.82, 2.24) is 4.98 Å². The number of rotatable bonds is 4. The Labute approximate surface area is 211 Å². The summed E-state index contributed by atoms with van der Waals surface area (Å²) in [6.45, 7) is 5.30. The topological polar surface area (TPSA) is 144 Å². The molecule has 9 nitrogen and oxygen atoms in total. The van der Waals surface area contributed by atoms with Crippen LogP contribution in [-0.2, 0) is 4.74 Å². The molecule has 10 heteroatoms. The van der Waals surface area contributed by atoms with Gasteiger partial charge >= 0.3 is 6.09 Å². The van der Waals surface area contributed by atoms with Gasteiger partial charge in [0.05, 0.1) is 21.6 Å². The van der Waals surface area contributed by atoms with Crippen molar-refractivity contribution in [1.29, 1.82) is 0 Å². The normalized spacial score (nSPS) is 10.6. The average Bonchev–Trinajstić information content (AvgIpc) is 3.18. The van der Waals surface area contributed by atoms with E-state index in [9.17, 15) is 14.4 Å². The van der Waals surface area contributed by atoms with Crippen molar-refractivity contribution in [3.05, 3.63) is 77.9 Å². The van der Waals surface area contributed by atoms with Crippen molar-refractivity contribution in [3.8, 4) is 5.75 Å². The summed E-state index contributed by atoms with van der Waals surface area (Å²) in [5.41, 5.74) is 7.44. The van der Waals surface area contributed by atoms with Crippen LogP contribution in [0.4, 0.5) is 21.3 Å². The zero-order valence-corrected chi connectivity index (χ0v) is 20.8. The highest BCUT2D eigenvalue weighted by Crippen LogP contribution is 2.26. The number of phenolic OH excluding ortho intramolecular Hbond substituents is 1. The number of carbonyl (C=O) groups excluding carboxylic acids is 3. The van der Waals surface area contributed by atoms with Gasteiger partial charge in [0.1, 0.15) is 17.6 Å². The van der Waals surface area contributed by atoms with Crippen LogP contribution in [0.2, 0.25) is 0 Å². The third-order valence-electron chi connectivity index (χ3n) is 4.51. The average molecular weight is 507 g/mol. The Kier molecular flexibility index (Phi) is 8.23. The van der Waals surface area contributed by atoms with E-state index < -0.39 is 11.7 Å². The summed E-state index contributed by atoms with van der Waals surface area (Å²) in [4.78, 5) is 39.0. The lowest BCUT2D eigenvalue weighted by Gasteiger charge is -2.20. The van der Waals surface area contributed by atoms with E-state index >= 15 is 0 Å². The maximum absolute atomic E-state index is 12.3. The fourth-order valence-corrected chi connectivity index (χ4v) is 3.72. The lowest BCUT2D eigenvalue weighted by atomic mass is 10.1. The first-order valence-electron chi connectivity index (χ1n) is 10.8. The smallest absolute Gasteiger partial charge is 0.412 e. The lowest BCUT2D eigenvalue weighted by molar-refractivity contribution is 0.0635. The molecule has 4 rings (SSSR count). The molecule has 1 heterocycles. The molecule has 0 aliphatic heterocycles. The van der Waals surface area contributed by atoms with Gasteiger partial charge in [0.25, 0.3) is 5.91 Å². The Morgan fingerprint density at radius 1 is 1.00 bits per heavy atom. The molecule has 0 saturated heterocycles. The number of nitrogens with one attached hydrogen (secondary N) is 2. The molecule has 5 N–H and O–H groups in total. The van der Waals surface area contributed by atoms with Gasteiger partial charge in [-0.05, 0) is 63.2 Å². The number of hydrogen-bond acceptors (Lipinski definition) is 8. The summed E-state index contributed by atoms with van der Waals surface area (Å²) >= 11 is 1.37. The summed E-state index contributed by atoms with van der Waals surface area (Å²) in [5, 5.41) is 15.0. The molecule has 0 atom stereocenters. The Balaban J connectivity index is 0.000000270. The number of benzene rings is 3. The van der Waals surface area contributed by atoms with E-state index in [1.165, 1.54) is 11.3 Å². The number of carbonyl (C=O) groups is 3. The highest BCUT2D eigenvalue weighted by Gasteiger charge is 2.17. The number of aldehydes is 1. The number of nitrogens with two attached hydrogens (primary N) is 1. The maximum atomic E-state index is 12.3. The second-order valence-electron chi connectivity index (χ2n) is 8.57. The first-order chi connectivity index (χ1) is 17.0. The fourth-order valence-electron chi connectivity index (χ4n) is 2.95. The largest absolute Gasteiger partial charge is 0.508 e. The molecule has 0 fully saturated rings. The Bertz CT molecular complexity index is 1380. The molecule has 0 bridgehead atoms. The first kappa shape index (κ1) is 26.2. The van der Waals surface area contributed by atoms with Crippen LogP contribution in [0.1, 0.15) is 41.5 Å². The summed E-state index contributed by atoms with van der Waals surface area (Å²) in [6.07, 6.45) is 0.103. The van der Waals surface area contributed by atoms with Gasteiger partial charge in [-0.15, -0.1) is 0 Å². The number of nitrogens with zero attached hydrogens (tertiary/aromatic N) is 1. The van der Waals surface area contributed by atoms with Gasteiger partial charge in [-0.3, -0.25) is 14.9 Å². The molecule has 3 aromatic carbocycles. The molecule has 36 heavy (non-hydrogen) atoms. The van der Waals surface area contributed by atoms with Crippen molar-refractivity contribution in [2.45, 2.75) is 26.4 Å². The zero-order valence-electron chi connectivity index (χ0n) is 19.9. The first-order valence-corrected chi connectivity index (χ1v) is 11.7. The van der Waals surface area contributed by atoms with Crippen molar-refractivity contribution >= 4 is 56.3 Å². The number of hydrogen-bond donors (Lipinski definition) is 4. The zero-order chi connectivity index (χ0) is 26.3. The van der Waals surface area contributed by atoms with Gasteiger partial charge in [-0.25, -0.2) is 9.78 Å². The number of nitrogen functional groups attached to an aromatic ring is 1. The Morgan fingerprint density at radius 2 is 1.64 bits per heavy atom. The Morgan fingerprint density at radius 3 is 2.25 bits per heavy atom. The molecule has 2 amide bonds. The van der Waals surface area contributed by atoms with Crippen LogP contribution in [-0.4, -0.2) is 34.0 Å². The highest BCUT2D eigenvalue weighted by atomic mass is 32.1. The van der Waals surface area contributed by atoms with Crippen LogP contribution < -0.4 is 16.4 Å². The SMILES string of the molecule is CC(C)(C)OC(=O)Nc1ccccc1NC(=O)c1ccc(C=O)cc1.Nc1nc2ccc(O)cc2s1. The van der Waals surface area contributed by atoms with Crippen LogP contribution in [0.3, 0.4) is 0 Å². The number of amides is 2. The second-order valence-corrected chi connectivity index (χ2v) is 9.63. The van der Waals surface area contributed by atoms with E-state index in [0.29, 0.717) is 33.9 Å². The van der Waals surface area contributed by atoms with Crippen LogP contribution >= 0.6 is 11.3 Å². The second kappa shape index (κ2) is 11.3. The molecule has 0 unspecified atom stereocenters. The monoisotopic (exact) mass is 506 g/mol. The standard InChI is InChI=1S/C19H20N2O4.C7H6N2OS/c1-19(2,3)25-18(24)21-16-7-5-4-6-15(16)20-17(23)14-10-8-13(12-22)9-11-14;8-7-9-5-2-1-4(10)3-6(5)11-7/h4-12H,1-3H3,(H,20,23)(H,21,24);1-3,10H,(H2,8,9). The summed E-state index contributed by atoms with van der Waals surface area (Å²) < 4.78 is 6.13. The van der Waals surface area contributed by atoms with Gasteiger partial charge in [-0.2, -0.15) is 0 Å². The summed E-state index contributed by atoms with van der Waals surface area (Å²) in [6, 6.07) is 18.1. The lowest BCUT2D eigenvalue weighted by Crippen LogP contribution is -2.27. The fraction of sp³-hybridized carbons (Fsp3) is 0.154. The van der Waals surface area contributed by atoms with Crippen molar-refractivity contribution in [2.75, 3.05) is 16.4 Å². The van der Waals surface area contributed by atoms with Crippen LogP contribution in [0.25, 0.3) is 10.2 Å². The molecule has 0 spiro atoms. The quantitative estimate of drug-likeness (QED) is 0.261. The number of para-hydroxylation sites is 2. The Hall–Kier alpha value is -4.44. The highest BCUT2D eigenvalue weighted by molar-refractivity contribution is 7.22. The van der Waals surface area contributed by atoms with E-state index in [0.717, 1.165) is 10.2 Å². The van der Waals surface area contributed by atoms with Crippen molar-refractivity contribution in [3.63, 3.8) is 0 Å². The molecule has 0 aliphatic carbocycles. The van der Waals surface area contributed by atoms with E-state index in [-0.39, 0.29) is 11.7 Å². The van der Waals surface area contributed by atoms with Crippen LogP contribution in [0, 0.1) is 0 Å².